The van der Waals surface area contributed by atoms with E-state index in [1.807, 2.05) is 0 Å². The summed E-state index contributed by atoms with van der Waals surface area (Å²) in [5, 5.41) is 30.9. The fourth-order valence-electron chi connectivity index (χ4n) is 1.30. The van der Waals surface area contributed by atoms with Crippen LogP contribution >= 0.6 is 15.9 Å². The van der Waals surface area contributed by atoms with E-state index in [2.05, 4.69) is 25.6 Å². The fraction of sp³-hybridized carbons (Fsp3) is 0. The first kappa shape index (κ1) is 12.4. The summed E-state index contributed by atoms with van der Waals surface area (Å²) < 4.78 is 17.6. The van der Waals surface area contributed by atoms with Gasteiger partial charge in [0.15, 0.2) is 17.3 Å². The molecule has 0 aliphatic carbocycles. The Hall–Kier alpha value is -2.09. The van der Waals surface area contributed by atoms with Gasteiger partial charge >= 0.3 is 5.97 Å². The van der Waals surface area contributed by atoms with Crippen molar-refractivity contribution in [1.82, 2.24) is 5.16 Å². The van der Waals surface area contributed by atoms with Crippen LogP contribution < -0.4 is 0 Å². The Bertz CT molecular complexity index is 639. The maximum Gasteiger partial charge on any atom is 0.374 e. The molecule has 0 bridgehead atoms. The van der Waals surface area contributed by atoms with Crippen molar-refractivity contribution >= 4 is 21.9 Å². The summed E-state index contributed by atoms with van der Waals surface area (Å²) in [6, 6.07) is 2.19. The zero-order valence-corrected chi connectivity index (χ0v) is 10.1. The van der Waals surface area contributed by atoms with Gasteiger partial charge in [0, 0.05) is 6.07 Å². The van der Waals surface area contributed by atoms with Crippen LogP contribution in [0.25, 0.3) is 11.3 Å². The lowest BCUT2D eigenvalue weighted by molar-refractivity contribution is 0.0652. The molecule has 18 heavy (non-hydrogen) atoms. The summed E-state index contributed by atoms with van der Waals surface area (Å²) in [4.78, 5) is 10.6. The van der Waals surface area contributed by atoms with Crippen LogP contribution in [-0.4, -0.2) is 26.4 Å². The van der Waals surface area contributed by atoms with Crippen molar-refractivity contribution in [3.63, 3.8) is 0 Å². The molecule has 0 saturated carbocycles. The van der Waals surface area contributed by atoms with Crippen molar-refractivity contribution in [2.24, 2.45) is 0 Å². The number of phenols is 2. The van der Waals surface area contributed by atoms with Gasteiger partial charge in [0.25, 0.3) is 0 Å². The van der Waals surface area contributed by atoms with E-state index < -0.39 is 29.0 Å². The normalized spacial score (nSPS) is 10.6. The number of carboxylic acid groups (broad SMARTS) is 1. The molecule has 1 aromatic carbocycles. The molecule has 2 rings (SSSR count). The van der Waals surface area contributed by atoms with Gasteiger partial charge in [-0.2, -0.15) is 0 Å². The van der Waals surface area contributed by atoms with E-state index in [0.717, 1.165) is 12.1 Å². The van der Waals surface area contributed by atoms with Gasteiger partial charge in [0.2, 0.25) is 5.76 Å². The van der Waals surface area contributed by atoms with Gasteiger partial charge in [-0.05, 0) is 22.0 Å². The quantitative estimate of drug-likeness (QED) is 0.734. The third kappa shape index (κ3) is 1.90. The Morgan fingerprint density at radius 1 is 1.33 bits per heavy atom. The lowest BCUT2D eigenvalue weighted by atomic mass is 10.1. The van der Waals surface area contributed by atoms with Gasteiger partial charge in [-0.15, -0.1) is 0 Å². The molecule has 0 saturated heterocycles. The van der Waals surface area contributed by atoms with Crippen LogP contribution in [0.3, 0.4) is 0 Å². The number of aromatic nitrogens is 1. The molecular weight excluding hydrogens is 313 g/mol. The number of carboxylic acids is 1. The van der Waals surface area contributed by atoms with Crippen LogP contribution in [0.5, 0.6) is 11.5 Å². The smallest absolute Gasteiger partial charge is 0.374 e. The molecule has 0 aliphatic rings. The molecule has 3 N–H and O–H groups in total. The summed E-state index contributed by atoms with van der Waals surface area (Å²) in [6.07, 6.45) is 0. The second-order valence-corrected chi connectivity index (χ2v) is 4.15. The summed E-state index contributed by atoms with van der Waals surface area (Å²) in [5.41, 5.74) is -0.0991. The highest BCUT2D eigenvalue weighted by Crippen LogP contribution is 2.41. The topological polar surface area (TPSA) is 104 Å². The average Bonchev–Trinajstić information content (AvgIpc) is 2.80. The highest BCUT2D eigenvalue weighted by molar-refractivity contribution is 9.10. The Morgan fingerprint density at radius 2 is 2.00 bits per heavy atom. The van der Waals surface area contributed by atoms with Crippen LogP contribution in [-0.2, 0) is 0 Å². The van der Waals surface area contributed by atoms with Crippen LogP contribution in [0.2, 0.25) is 0 Å². The van der Waals surface area contributed by atoms with E-state index in [4.69, 9.17) is 5.11 Å². The van der Waals surface area contributed by atoms with Gasteiger partial charge in [-0.1, -0.05) is 5.16 Å². The monoisotopic (exact) mass is 317 g/mol. The number of hydrogen-bond donors (Lipinski definition) is 3. The molecule has 0 atom stereocenters. The van der Waals surface area contributed by atoms with Crippen molar-refractivity contribution < 1.29 is 29.0 Å². The van der Waals surface area contributed by atoms with E-state index in [-0.39, 0.29) is 15.7 Å². The van der Waals surface area contributed by atoms with Crippen LogP contribution in [0.15, 0.2) is 21.1 Å². The summed E-state index contributed by atoms with van der Waals surface area (Å²) in [6.45, 7) is 0. The maximum atomic E-state index is 13.2. The molecule has 8 heteroatoms. The van der Waals surface area contributed by atoms with Crippen LogP contribution in [0.4, 0.5) is 4.39 Å². The Morgan fingerprint density at radius 3 is 2.56 bits per heavy atom. The van der Waals surface area contributed by atoms with E-state index in [9.17, 15) is 19.4 Å². The molecule has 6 nitrogen and oxygen atoms in total. The largest absolute Gasteiger partial charge is 0.504 e. The summed E-state index contributed by atoms with van der Waals surface area (Å²) >= 11 is 2.84. The predicted octanol–water partition coefficient (Wildman–Crippen LogP) is 2.35. The van der Waals surface area contributed by atoms with Gasteiger partial charge in [0.05, 0.1) is 10.0 Å². The first-order valence-electron chi connectivity index (χ1n) is 4.52. The van der Waals surface area contributed by atoms with Crippen LogP contribution in [0.1, 0.15) is 10.6 Å². The number of carbonyl (C=O) groups is 1. The minimum atomic E-state index is -1.33. The lowest BCUT2D eigenvalue weighted by Gasteiger charge is -2.05. The first-order valence-corrected chi connectivity index (χ1v) is 5.31. The number of nitrogens with zero attached hydrogens (tertiary/aromatic N) is 1. The first-order chi connectivity index (χ1) is 8.41. The van der Waals surface area contributed by atoms with Crippen LogP contribution in [0, 0.1) is 5.82 Å². The van der Waals surface area contributed by atoms with E-state index in [1.165, 1.54) is 0 Å². The third-order valence-corrected chi connectivity index (χ3v) is 2.74. The summed E-state index contributed by atoms with van der Waals surface area (Å²) in [5.74, 6) is -4.51. The van der Waals surface area contributed by atoms with E-state index in [1.54, 1.807) is 0 Å². The third-order valence-electron chi connectivity index (χ3n) is 2.16. The molecular formula is C10H5BrFNO5. The zero-order valence-electron chi connectivity index (χ0n) is 8.52. The molecule has 0 radical (unpaired) electrons. The summed E-state index contributed by atoms with van der Waals surface area (Å²) in [7, 11) is 0. The number of aromatic hydroxyl groups is 2. The fourth-order valence-corrected chi connectivity index (χ4v) is 1.72. The number of aromatic carboxylic acids is 1. The molecule has 0 amide bonds. The molecule has 0 fully saturated rings. The van der Waals surface area contributed by atoms with Crippen molar-refractivity contribution in [1.29, 1.82) is 0 Å². The number of rotatable bonds is 2. The molecule has 0 unspecified atom stereocenters. The van der Waals surface area contributed by atoms with Crippen molar-refractivity contribution in [2.45, 2.75) is 0 Å². The predicted molar refractivity (Wildman–Crippen MR) is 59.9 cm³/mol. The SMILES string of the molecule is O=C(O)c1cc(-c2cc(Br)c(F)c(O)c2O)no1. The number of halogens is 2. The minimum absolute atomic E-state index is 0.0408. The van der Waals surface area contributed by atoms with Crippen molar-refractivity contribution in [3.8, 4) is 22.8 Å². The number of benzene rings is 1. The highest BCUT2D eigenvalue weighted by Gasteiger charge is 2.20. The molecule has 1 aromatic heterocycles. The highest BCUT2D eigenvalue weighted by atomic mass is 79.9. The van der Waals surface area contributed by atoms with Gasteiger partial charge in [0.1, 0.15) is 5.69 Å². The molecule has 2 aromatic rings. The molecule has 1 heterocycles. The van der Waals surface area contributed by atoms with Gasteiger partial charge < -0.3 is 19.8 Å². The Kier molecular flexibility index (Phi) is 2.95. The second-order valence-electron chi connectivity index (χ2n) is 3.30. The minimum Gasteiger partial charge on any atom is -0.504 e. The molecule has 0 spiro atoms. The van der Waals surface area contributed by atoms with E-state index in [0.29, 0.717) is 0 Å². The average molecular weight is 318 g/mol. The van der Waals surface area contributed by atoms with Crippen molar-refractivity contribution in [3.05, 3.63) is 28.2 Å². The van der Waals surface area contributed by atoms with Crippen molar-refractivity contribution in [2.75, 3.05) is 0 Å². The zero-order chi connectivity index (χ0) is 13.4. The van der Waals surface area contributed by atoms with E-state index >= 15 is 0 Å². The Labute approximate surface area is 107 Å². The number of hydrogen-bond acceptors (Lipinski definition) is 5. The second kappa shape index (κ2) is 4.30. The number of phenolic OH excluding ortho intramolecular Hbond substituents is 2. The lowest BCUT2D eigenvalue weighted by Crippen LogP contribution is -1.91. The van der Waals surface area contributed by atoms with Gasteiger partial charge in [-0.25, -0.2) is 9.18 Å². The maximum absolute atomic E-state index is 13.2. The van der Waals surface area contributed by atoms with Gasteiger partial charge in [-0.3, -0.25) is 0 Å². The Balaban J connectivity index is 2.60. The standard InChI is InChI=1S/C10H5BrFNO5/c11-4-1-3(8(14)9(15)7(4)12)5-2-6(10(16)17)18-13-5/h1-2,14-15H,(H,16,17). The molecule has 0 aliphatic heterocycles. The molecule has 94 valence electrons.